The summed E-state index contributed by atoms with van der Waals surface area (Å²) in [7, 11) is 3.71. The maximum Gasteiger partial charge on any atom is 0.120 e. The first-order valence-corrected chi connectivity index (χ1v) is 5.59. The van der Waals surface area contributed by atoms with E-state index in [1.807, 2.05) is 13.1 Å². The number of rotatable bonds is 2. The zero-order chi connectivity index (χ0) is 10.1. The molecule has 0 amide bonds. The molecule has 2 rings (SSSR count). The number of hydrogen-bond donors (Lipinski definition) is 1. The molecule has 3 heteroatoms. The van der Waals surface area contributed by atoms with Crippen molar-refractivity contribution in [1.82, 2.24) is 5.32 Å². The topological polar surface area (TPSA) is 21.3 Å². The van der Waals surface area contributed by atoms with Gasteiger partial charge in [-0.3, -0.25) is 0 Å². The van der Waals surface area contributed by atoms with E-state index in [0.29, 0.717) is 6.04 Å². The molecular formula is C11H14BrNO. The van der Waals surface area contributed by atoms with Gasteiger partial charge >= 0.3 is 0 Å². The number of ether oxygens (including phenoxy) is 1. The third kappa shape index (κ3) is 1.55. The minimum atomic E-state index is 0.483. The summed E-state index contributed by atoms with van der Waals surface area (Å²) < 4.78 is 6.43. The van der Waals surface area contributed by atoms with Gasteiger partial charge in [-0.15, -0.1) is 0 Å². The Labute approximate surface area is 92.8 Å². The van der Waals surface area contributed by atoms with Crippen LogP contribution in [0, 0.1) is 0 Å². The Hall–Kier alpha value is -0.540. The van der Waals surface area contributed by atoms with Gasteiger partial charge in [-0.1, -0.05) is 15.9 Å². The average Bonchev–Trinajstić information content (AvgIpc) is 2.61. The highest BCUT2D eigenvalue weighted by Gasteiger charge is 2.23. The lowest BCUT2D eigenvalue weighted by atomic mass is 10.1. The molecule has 76 valence electrons. The van der Waals surface area contributed by atoms with Crippen LogP contribution in [0.3, 0.4) is 0 Å². The standard InChI is InChI=1S/C11H14BrNO/c1-13-11-4-3-8-9(11)5-7(14-2)6-10(8)12/h5-6,11,13H,3-4H2,1-2H3/t11-/m0/s1. The average molecular weight is 256 g/mol. The quantitative estimate of drug-likeness (QED) is 0.878. The van der Waals surface area contributed by atoms with Crippen molar-refractivity contribution in [3.05, 3.63) is 27.7 Å². The molecule has 0 aromatic heterocycles. The van der Waals surface area contributed by atoms with Crippen molar-refractivity contribution < 1.29 is 4.74 Å². The largest absolute Gasteiger partial charge is 0.497 e. The summed E-state index contributed by atoms with van der Waals surface area (Å²) in [5, 5.41) is 3.32. The van der Waals surface area contributed by atoms with Gasteiger partial charge in [0.15, 0.2) is 0 Å². The van der Waals surface area contributed by atoms with Crippen molar-refractivity contribution in [2.24, 2.45) is 0 Å². The van der Waals surface area contributed by atoms with Crippen molar-refractivity contribution in [3.63, 3.8) is 0 Å². The minimum absolute atomic E-state index is 0.483. The second-order valence-electron chi connectivity index (χ2n) is 3.56. The Bertz CT molecular complexity index is 351. The summed E-state index contributed by atoms with van der Waals surface area (Å²) in [4.78, 5) is 0. The third-order valence-corrected chi connectivity index (χ3v) is 3.55. The van der Waals surface area contributed by atoms with Gasteiger partial charge in [-0.2, -0.15) is 0 Å². The minimum Gasteiger partial charge on any atom is -0.497 e. The molecule has 0 heterocycles. The molecule has 0 fully saturated rings. The summed E-state index contributed by atoms with van der Waals surface area (Å²) in [6.07, 6.45) is 2.32. The summed E-state index contributed by atoms with van der Waals surface area (Å²) >= 11 is 3.59. The van der Waals surface area contributed by atoms with Gasteiger partial charge in [0.05, 0.1) is 7.11 Å². The first-order chi connectivity index (χ1) is 6.76. The maximum atomic E-state index is 5.26. The first kappa shape index (κ1) is 9.99. The van der Waals surface area contributed by atoms with Crippen LogP contribution in [-0.2, 0) is 6.42 Å². The molecule has 1 aromatic carbocycles. The van der Waals surface area contributed by atoms with Crippen LogP contribution in [0.4, 0.5) is 0 Å². The van der Waals surface area contributed by atoms with Gasteiger partial charge in [-0.25, -0.2) is 0 Å². The number of fused-ring (bicyclic) bond motifs is 1. The second-order valence-corrected chi connectivity index (χ2v) is 4.41. The molecule has 0 saturated heterocycles. The van der Waals surface area contributed by atoms with E-state index in [9.17, 15) is 0 Å². The maximum absolute atomic E-state index is 5.26. The highest BCUT2D eigenvalue weighted by atomic mass is 79.9. The van der Waals surface area contributed by atoms with Gasteiger partial charge in [-0.05, 0) is 43.1 Å². The summed E-state index contributed by atoms with van der Waals surface area (Å²) in [5.74, 6) is 0.928. The highest BCUT2D eigenvalue weighted by Crippen LogP contribution is 2.38. The molecule has 1 atom stereocenters. The van der Waals surface area contributed by atoms with E-state index >= 15 is 0 Å². The number of halogens is 1. The molecule has 1 N–H and O–H groups in total. The van der Waals surface area contributed by atoms with Crippen LogP contribution in [0.25, 0.3) is 0 Å². The van der Waals surface area contributed by atoms with Crippen LogP contribution >= 0.6 is 15.9 Å². The lowest BCUT2D eigenvalue weighted by Crippen LogP contribution is -2.12. The molecule has 1 aliphatic rings. The molecular weight excluding hydrogens is 242 g/mol. The number of methoxy groups -OCH3 is 1. The van der Waals surface area contributed by atoms with Gasteiger partial charge in [0.2, 0.25) is 0 Å². The van der Waals surface area contributed by atoms with Gasteiger partial charge in [0.25, 0.3) is 0 Å². The van der Waals surface area contributed by atoms with Crippen molar-refractivity contribution >= 4 is 15.9 Å². The lowest BCUT2D eigenvalue weighted by molar-refractivity contribution is 0.413. The van der Waals surface area contributed by atoms with Gasteiger partial charge in [0, 0.05) is 10.5 Å². The third-order valence-electron chi connectivity index (χ3n) is 2.85. The van der Waals surface area contributed by atoms with E-state index in [1.54, 1.807) is 7.11 Å². The molecule has 14 heavy (non-hydrogen) atoms. The number of benzene rings is 1. The normalized spacial score (nSPS) is 19.5. The predicted molar refractivity (Wildman–Crippen MR) is 60.8 cm³/mol. The Balaban J connectivity index is 2.47. The van der Waals surface area contributed by atoms with Gasteiger partial charge in [0.1, 0.15) is 5.75 Å². The first-order valence-electron chi connectivity index (χ1n) is 4.80. The fourth-order valence-corrected chi connectivity index (χ4v) is 2.72. The number of hydrogen-bond acceptors (Lipinski definition) is 2. The molecule has 0 unspecified atom stereocenters. The Morgan fingerprint density at radius 3 is 2.93 bits per heavy atom. The smallest absolute Gasteiger partial charge is 0.120 e. The van der Waals surface area contributed by atoms with Crippen molar-refractivity contribution in [2.75, 3.05) is 14.2 Å². The molecule has 0 spiro atoms. The Morgan fingerprint density at radius 2 is 2.29 bits per heavy atom. The molecule has 2 nitrogen and oxygen atoms in total. The van der Waals surface area contributed by atoms with Crippen molar-refractivity contribution in [3.8, 4) is 5.75 Å². The van der Waals surface area contributed by atoms with Crippen molar-refractivity contribution in [1.29, 1.82) is 0 Å². The van der Waals surface area contributed by atoms with Crippen LogP contribution in [0.1, 0.15) is 23.6 Å². The monoisotopic (exact) mass is 255 g/mol. The fourth-order valence-electron chi connectivity index (χ4n) is 2.07. The molecule has 0 bridgehead atoms. The SMILES string of the molecule is CN[C@H]1CCc2c(Br)cc(OC)cc21. The van der Waals surface area contributed by atoms with Crippen LogP contribution in [0.15, 0.2) is 16.6 Å². The van der Waals surface area contributed by atoms with Gasteiger partial charge < -0.3 is 10.1 Å². The number of nitrogens with one attached hydrogen (secondary N) is 1. The summed E-state index contributed by atoms with van der Waals surface area (Å²) in [6.45, 7) is 0. The Kier molecular flexibility index (Phi) is 2.79. The zero-order valence-corrected chi connectivity index (χ0v) is 10.0. The zero-order valence-electron chi connectivity index (χ0n) is 8.43. The van der Waals surface area contributed by atoms with E-state index in [2.05, 4.69) is 27.3 Å². The van der Waals surface area contributed by atoms with E-state index in [0.717, 1.165) is 12.2 Å². The van der Waals surface area contributed by atoms with Crippen molar-refractivity contribution in [2.45, 2.75) is 18.9 Å². The second kappa shape index (κ2) is 3.91. The van der Waals surface area contributed by atoms with E-state index in [-0.39, 0.29) is 0 Å². The Morgan fingerprint density at radius 1 is 1.50 bits per heavy atom. The summed E-state index contributed by atoms with van der Waals surface area (Å²) in [5.41, 5.74) is 2.80. The highest BCUT2D eigenvalue weighted by molar-refractivity contribution is 9.10. The van der Waals surface area contributed by atoms with Crippen LogP contribution < -0.4 is 10.1 Å². The van der Waals surface area contributed by atoms with Crippen LogP contribution in [-0.4, -0.2) is 14.2 Å². The lowest BCUT2D eigenvalue weighted by Gasteiger charge is -2.12. The molecule has 1 aliphatic carbocycles. The van der Waals surface area contributed by atoms with E-state index in [1.165, 1.54) is 22.0 Å². The molecule has 0 aliphatic heterocycles. The van der Waals surface area contributed by atoms with Crippen LogP contribution in [0.5, 0.6) is 5.75 Å². The fraction of sp³-hybridized carbons (Fsp3) is 0.455. The van der Waals surface area contributed by atoms with E-state index in [4.69, 9.17) is 4.74 Å². The molecule has 1 aromatic rings. The molecule has 0 radical (unpaired) electrons. The summed E-state index contributed by atoms with van der Waals surface area (Å²) in [6, 6.07) is 4.65. The van der Waals surface area contributed by atoms with Crippen LogP contribution in [0.2, 0.25) is 0 Å². The van der Waals surface area contributed by atoms with E-state index < -0.39 is 0 Å². The predicted octanol–water partition coefficient (Wildman–Crippen LogP) is 2.66. The molecule has 0 saturated carbocycles.